The Bertz CT molecular complexity index is 699. The van der Waals surface area contributed by atoms with Crippen molar-refractivity contribution >= 4 is 17.1 Å². The number of fused-ring (bicyclic) bond motifs is 1. The van der Waals surface area contributed by atoms with Crippen molar-refractivity contribution in [3.63, 3.8) is 0 Å². The highest BCUT2D eigenvalue weighted by atomic mass is 16.2. The summed E-state index contributed by atoms with van der Waals surface area (Å²) in [6.45, 7) is 0.839. The summed E-state index contributed by atoms with van der Waals surface area (Å²) >= 11 is 0. The van der Waals surface area contributed by atoms with E-state index >= 15 is 0 Å². The molecule has 0 aliphatic heterocycles. The SMILES string of the molecule is O=C(CCC1CCCC1)NCCn1c(=O)[nH]c2cncnc21. The largest absolute Gasteiger partial charge is 0.354 e. The van der Waals surface area contributed by atoms with Gasteiger partial charge in [-0.25, -0.2) is 14.8 Å². The highest BCUT2D eigenvalue weighted by Crippen LogP contribution is 2.28. The maximum atomic E-state index is 11.8. The molecule has 118 valence electrons. The first-order chi connectivity index (χ1) is 10.7. The lowest BCUT2D eigenvalue weighted by Gasteiger charge is -2.09. The number of imidazole rings is 1. The quantitative estimate of drug-likeness (QED) is 0.839. The number of nitrogens with one attached hydrogen (secondary N) is 2. The van der Waals surface area contributed by atoms with Gasteiger partial charge in [-0.15, -0.1) is 0 Å². The molecule has 1 fully saturated rings. The lowest BCUT2D eigenvalue weighted by atomic mass is 10.0. The molecule has 7 heteroatoms. The van der Waals surface area contributed by atoms with Crippen LogP contribution in [0.1, 0.15) is 38.5 Å². The van der Waals surface area contributed by atoms with Crippen molar-refractivity contribution in [3.8, 4) is 0 Å². The van der Waals surface area contributed by atoms with E-state index in [1.54, 1.807) is 6.20 Å². The van der Waals surface area contributed by atoms with Crippen molar-refractivity contribution in [1.29, 1.82) is 0 Å². The third kappa shape index (κ3) is 3.35. The van der Waals surface area contributed by atoms with Crippen LogP contribution in [-0.2, 0) is 11.3 Å². The van der Waals surface area contributed by atoms with Crippen LogP contribution in [0, 0.1) is 5.92 Å². The molecule has 1 saturated carbocycles. The van der Waals surface area contributed by atoms with Gasteiger partial charge >= 0.3 is 5.69 Å². The van der Waals surface area contributed by atoms with Gasteiger partial charge in [0.25, 0.3) is 0 Å². The minimum Gasteiger partial charge on any atom is -0.354 e. The summed E-state index contributed by atoms with van der Waals surface area (Å²) in [4.78, 5) is 34.4. The summed E-state index contributed by atoms with van der Waals surface area (Å²) in [7, 11) is 0. The van der Waals surface area contributed by atoms with Crippen molar-refractivity contribution in [2.45, 2.75) is 45.1 Å². The van der Waals surface area contributed by atoms with Crippen LogP contribution in [0.4, 0.5) is 0 Å². The first-order valence-electron chi connectivity index (χ1n) is 7.89. The van der Waals surface area contributed by atoms with Crippen molar-refractivity contribution < 1.29 is 4.79 Å². The van der Waals surface area contributed by atoms with E-state index in [9.17, 15) is 9.59 Å². The number of aromatic amines is 1. The van der Waals surface area contributed by atoms with Gasteiger partial charge < -0.3 is 10.3 Å². The molecule has 22 heavy (non-hydrogen) atoms. The lowest BCUT2D eigenvalue weighted by molar-refractivity contribution is -0.121. The fourth-order valence-corrected chi connectivity index (χ4v) is 3.14. The molecule has 2 heterocycles. The maximum Gasteiger partial charge on any atom is 0.327 e. The van der Waals surface area contributed by atoms with Crippen LogP contribution in [0.25, 0.3) is 11.2 Å². The molecular weight excluding hydrogens is 282 g/mol. The van der Waals surface area contributed by atoms with Crippen LogP contribution >= 0.6 is 0 Å². The molecule has 2 N–H and O–H groups in total. The second kappa shape index (κ2) is 6.72. The van der Waals surface area contributed by atoms with E-state index in [0.29, 0.717) is 30.7 Å². The molecule has 0 atom stereocenters. The zero-order valence-electron chi connectivity index (χ0n) is 12.5. The van der Waals surface area contributed by atoms with Crippen molar-refractivity contribution in [1.82, 2.24) is 24.8 Å². The minimum absolute atomic E-state index is 0.0643. The first kappa shape index (κ1) is 14.7. The Balaban J connectivity index is 1.48. The molecule has 0 aromatic carbocycles. The lowest BCUT2D eigenvalue weighted by Crippen LogP contribution is -2.30. The third-order valence-electron chi connectivity index (χ3n) is 4.35. The van der Waals surface area contributed by atoms with E-state index in [1.807, 2.05) is 0 Å². The fraction of sp³-hybridized carbons (Fsp3) is 0.600. The molecule has 0 saturated heterocycles. The smallest absolute Gasteiger partial charge is 0.327 e. The molecule has 2 aromatic rings. The summed E-state index contributed by atoms with van der Waals surface area (Å²) in [5, 5.41) is 2.88. The van der Waals surface area contributed by atoms with Crippen molar-refractivity contribution in [2.24, 2.45) is 5.92 Å². The van der Waals surface area contributed by atoms with Gasteiger partial charge in [-0.05, 0) is 12.3 Å². The summed E-state index contributed by atoms with van der Waals surface area (Å²) in [6.07, 6.45) is 9.67. The van der Waals surface area contributed by atoms with Gasteiger partial charge in [-0.3, -0.25) is 9.36 Å². The number of aromatic nitrogens is 4. The van der Waals surface area contributed by atoms with Crippen LogP contribution in [0.2, 0.25) is 0 Å². The Morgan fingerprint density at radius 2 is 2.23 bits per heavy atom. The summed E-state index contributed by atoms with van der Waals surface area (Å²) in [5.74, 6) is 0.785. The zero-order chi connectivity index (χ0) is 15.4. The molecule has 1 aliphatic carbocycles. The second-order valence-electron chi connectivity index (χ2n) is 5.88. The van der Waals surface area contributed by atoms with Crippen molar-refractivity contribution in [2.75, 3.05) is 6.54 Å². The standard InChI is InChI=1S/C15H21N5O2/c21-13(6-5-11-3-1-2-4-11)17-7-8-20-14-12(19-15(20)22)9-16-10-18-14/h9-11H,1-8H2,(H,17,21)(H,19,22). The van der Waals surface area contributed by atoms with E-state index in [0.717, 1.165) is 12.3 Å². The van der Waals surface area contributed by atoms with Crippen LogP contribution < -0.4 is 11.0 Å². The number of rotatable bonds is 6. The maximum absolute atomic E-state index is 11.8. The summed E-state index contributed by atoms with van der Waals surface area (Å²) in [5.41, 5.74) is 0.955. The topological polar surface area (TPSA) is 92.7 Å². The highest BCUT2D eigenvalue weighted by Gasteiger charge is 2.16. The number of hydrogen-bond acceptors (Lipinski definition) is 4. The van der Waals surface area contributed by atoms with E-state index in [1.165, 1.54) is 36.6 Å². The van der Waals surface area contributed by atoms with E-state index in [2.05, 4.69) is 20.3 Å². The average molecular weight is 303 g/mol. The van der Waals surface area contributed by atoms with E-state index < -0.39 is 0 Å². The molecule has 1 aliphatic rings. The number of carbonyl (C=O) groups is 1. The number of carbonyl (C=O) groups excluding carboxylic acids is 1. The minimum atomic E-state index is -0.226. The number of amides is 1. The first-order valence-corrected chi connectivity index (χ1v) is 7.89. The molecule has 3 rings (SSSR count). The molecule has 2 aromatic heterocycles. The van der Waals surface area contributed by atoms with Gasteiger partial charge in [0.15, 0.2) is 5.65 Å². The Kier molecular flexibility index (Phi) is 4.50. The Hall–Kier alpha value is -2.18. The highest BCUT2D eigenvalue weighted by molar-refractivity contribution is 5.75. The Morgan fingerprint density at radius 3 is 3.05 bits per heavy atom. The van der Waals surface area contributed by atoms with Gasteiger partial charge in [-0.1, -0.05) is 25.7 Å². The molecule has 1 amide bonds. The number of hydrogen-bond donors (Lipinski definition) is 2. The number of H-pyrrole nitrogens is 1. The molecule has 0 radical (unpaired) electrons. The number of nitrogens with zero attached hydrogens (tertiary/aromatic N) is 3. The van der Waals surface area contributed by atoms with Crippen LogP contribution in [-0.4, -0.2) is 32.0 Å². The summed E-state index contributed by atoms with van der Waals surface area (Å²) < 4.78 is 1.52. The zero-order valence-corrected chi connectivity index (χ0v) is 12.5. The average Bonchev–Trinajstić information content (AvgIpc) is 3.13. The molecule has 7 nitrogen and oxygen atoms in total. The summed E-state index contributed by atoms with van der Waals surface area (Å²) in [6, 6.07) is 0. The Morgan fingerprint density at radius 1 is 1.41 bits per heavy atom. The van der Waals surface area contributed by atoms with Crippen molar-refractivity contribution in [3.05, 3.63) is 23.0 Å². The van der Waals surface area contributed by atoms with Gasteiger partial charge in [0.05, 0.1) is 6.20 Å². The van der Waals surface area contributed by atoms with Crippen LogP contribution in [0.3, 0.4) is 0 Å². The second-order valence-corrected chi connectivity index (χ2v) is 5.88. The third-order valence-corrected chi connectivity index (χ3v) is 4.35. The normalized spacial score (nSPS) is 15.5. The van der Waals surface area contributed by atoms with Gasteiger partial charge in [0.2, 0.25) is 5.91 Å². The van der Waals surface area contributed by atoms with Crippen LogP contribution in [0.15, 0.2) is 17.3 Å². The predicted octanol–water partition coefficient (Wildman–Crippen LogP) is 1.21. The van der Waals surface area contributed by atoms with E-state index in [-0.39, 0.29) is 11.6 Å². The predicted molar refractivity (Wildman–Crippen MR) is 82.4 cm³/mol. The molecule has 0 bridgehead atoms. The molecule has 0 spiro atoms. The van der Waals surface area contributed by atoms with Gasteiger partial charge in [0, 0.05) is 19.5 Å². The van der Waals surface area contributed by atoms with Crippen LogP contribution in [0.5, 0.6) is 0 Å². The Labute approximate surface area is 128 Å². The molecular formula is C15H21N5O2. The monoisotopic (exact) mass is 303 g/mol. The van der Waals surface area contributed by atoms with Gasteiger partial charge in [0.1, 0.15) is 11.8 Å². The van der Waals surface area contributed by atoms with Gasteiger partial charge in [-0.2, -0.15) is 0 Å². The van der Waals surface area contributed by atoms with E-state index in [4.69, 9.17) is 0 Å². The fourth-order valence-electron chi connectivity index (χ4n) is 3.14. The molecule has 0 unspecified atom stereocenters.